The van der Waals surface area contributed by atoms with Crippen LogP contribution >= 0.6 is 0 Å². The fraction of sp³-hybridized carbons (Fsp3) is 0.286. The lowest BCUT2D eigenvalue weighted by molar-refractivity contribution is -0.119. The lowest BCUT2D eigenvalue weighted by atomic mass is 10.3. The number of rotatable bonds is 3. The lowest BCUT2D eigenvalue weighted by Crippen LogP contribution is -2.42. The molecule has 0 saturated carbocycles. The largest absolute Gasteiger partial charge is 0.382 e. The number of anilines is 1. The van der Waals surface area contributed by atoms with E-state index in [2.05, 4.69) is 15.5 Å². The number of carbonyl (C=O) groups excluding carboxylic acids is 2. The minimum Gasteiger partial charge on any atom is -0.382 e. The predicted molar refractivity (Wildman–Crippen MR) is 49.1 cm³/mol. The van der Waals surface area contributed by atoms with Gasteiger partial charge in [0.25, 0.3) is 5.91 Å². The van der Waals surface area contributed by atoms with Crippen LogP contribution in [0.5, 0.6) is 0 Å². The molecular weight excluding hydrogens is 186 g/mol. The highest BCUT2D eigenvalue weighted by Crippen LogP contribution is 2.00. The Balaban J connectivity index is 2.63. The van der Waals surface area contributed by atoms with Crippen molar-refractivity contribution in [2.75, 3.05) is 5.73 Å². The quantitative estimate of drug-likeness (QED) is 0.475. The lowest BCUT2D eigenvalue weighted by Gasteiger charge is -2.07. The third kappa shape index (κ3) is 2.22. The molecule has 0 radical (unpaired) electrons. The predicted octanol–water partition coefficient (Wildman–Crippen LogP) is -1.40. The standard InChI is InChI=1S/C7H11N5O2/c1-3(6(9)13)10-7(14)4-2-5(8)12-11-4/h2-3H,1H3,(H2,9,13)(H,10,14)(H3,8,11,12)/t3-/m0/s1. The van der Waals surface area contributed by atoms with Gasteiger partial charge in [0, 0.05) is 6.07 Å². The van der Waals surface area contributed by atoms with Crippen LogP contribution in [0, 0.1) is 0 Å². The normalized spacial score (nSPS) is 12.1. The number of nitrogens with zero attached hydrogens (tertiary/aromatic N) is 1. The van der Waals surface area contributed by atoms with E-state index >= 15 is 0 Å². The maximum atomic E-state index is 11.3. The van der Waals surface area contributed by atoms with Crippen LogP contribution in [0.2, 0.25) is 0 Å². The van der Waals surface area contributed by atoms with Crippen molar-refractivity contribution in [1.82, 2.24) is 15.5 Å². The number of nitrogens with two attached hydrogens (primary N) is 2. The molecule has 76 valence electrons. The van der Waals surface area contributed by atoms with Crippen LogP contribution in [-0.2, 0) is 4.79 Å². The first-order valence-corrected chi connectivity index (χ1v) is 3.91. The molecule has 2 amide bonds. The van der Waals surface area contributed by atoms with Gasteiger partial charge in [-0.25, -0.2) is 0 Å². The summed E-state index contributed by atoms with van der Waals surface area (Å²) >= 11 is 0. The van der Waals surface area contributed by atoms with Gasteiger partial charge in [-0.15, -0.1) is 0 Å². The first kappa shape index (κ1) is 10.0. The number of hydrogen-bond donors (Lipinski definition) is 4. The highest BCUT2D eigenvalue weighted by atomic mass is 16.2. The molecule has 1 heterocycles. The van der Waals surface area contributed by atoms with Crippen molar-refractivity contribution >= 4 is 17.6 Å². The van der Waals surface area contributed by atoms with Crippen LogP contribution in [0.25, 0.3) is 0 Å². The van der Waals surface area contributed by atoms with Gasteiger partial charge in [-0.05, 0) is 6.92 Å². The zero-order valence-corrected chi connectivity index (χ0v) is 7.57. The second-order valence-electron chi connectivity index (χ2n) is 2.80. The van der Waals surface area contributed by atoms with Crippen molar-refractivity contribution in [1.29, 1.82) is 0 Å². The molecule has 0 aliphatic rings. The average molecular weight is 197 g/mol. The van der Waals surface area contributed by atoms with Gasteiger partial charge in [-0.3, -0.25) is 14.7 Å². The molecule has 0 spiro atoms. The van der Waals surface area contributed by atoms with E-state index in [0.717, 1.165) is 0 Å². The van der Waals surface area contributed by atoms with E-state index in [9.17, 15) is 9.59 Å². The number of nitrogen functional groups attached to an aromatic ring is 1. The minimum atomic E-state index is -0.730. The molecule has 0 aliphatic heterocycles. The molecule has 0 unspecified atom stereocenters. The molecule has 1 aromatic heterocycles. The van der Waals surface area contributed by atoms with Crippen LogP contribution in [0.3, 0.4) is 0 Å². The number of nitrogens with one attached hydrogen (secondary N) is 2. The highest BCUT2D eigenvalue weighted by Gasteiger charge is 2.14. The highest BCUT2D eigenvalue weighted by molar-refractivity contribution is 5.96. The number of carbonyl (C=O) groups is 2. The number of H-pyrrole nitrogens is 1. The first-order chi connectivity index (χ1) is 6.50. The molecule has 6 N–H and O–H groups in total. The van der Waals surface area contributed by atoms with Crippen LogP contribution in [0.1, 0.15) is 17.4 Å². The SMILES string of the molecule is C[C@H](NC(=O)c1cc(N)n[nH]1)C(N)=O. The molecule has 0 bridgehead atoms. The van der Waals surface area contributed by atoms with E-state index in [-0.39, 0.29) is 11.5 Å². The van der Waals surface area contributed by atoms with Crippen LogP contribution in [0.4, 0.5) is 5.82 Å². The summed E-state index contributed by atoms with van der Waals surface area (Å²) in [5, 5.41) is 8.34. The van der Waals surface area contributed by atoms with E-state index in [1.165, 1.54) is 13.0 Å². The molecule has 7 heteroatoms. The van der Waals surface area contributed by atoms with Gasteiger partial charge in [-0.1, -0.05) is 0 Å². The molecule has 1 aromatic rings. The Hall–Kier alpha value is -2.05. The minimum absolute atomic E-state index is 0.190. The van der Waals surface area contributed by atoms with Gasteiger partial charge in [-0.2, -0.15) is 5.10 Å². The summed E-state index contributed by atoms with van der Waals surface area (Å²) in [6.07, 6.45) is 0. The van der Waals surface area contributed by atoms with Crippen molar-refractivity contribution in [2.24, 2.45) is 5.73 Å². The molecular formula is C7H11N5O2. The molecule has 1 rings (SSSR count). The third-order valence-corrected chi connectivity index (χ3v) is 1.62. The fourth-order valence-corrected chi connectivity index (χ4v) is 0.799. The van der Waals surface area contributed by atoms with Gasteiger partial charge in [0.05, 0.1) is 0 Å². The van der Waals surface area contributed by atoms with Gasteiger partial charge >= 0.3 is 0 Å². The average Bonchev–Trinajstić information content (AvgIpc) is 2.51. The van der Waals surface area contributed by atoms with Crippen molar-refractivity contribution in [3.8, 4) is 0 Å². The van der Waals surface area contributed by atoms with Crippen LogP contribution in [0.15, 0.2) is 6.07 Å². The van der Waals surface area contributed by atoms with E-state index in [1.54, 1.807) is 0 Å². The number of aromatic nitrogens is 2. The van der Waals surface area contributed by atoms with E-state index in [4.69, 9.17) is 11.5 Å². The molecule has 0 fully saturated rings. The second kappa shape index (κ2) is 3.77. The second-order valence-corrected chi connectivity index (χ2v) is 2.80. The van der Waals surface area contributed by atoms with Crippen LogP contribution in [-0.4, -0.2) is 28.1 Å². The Labute approximate surface area is 79.8 Å². The zero-order chi connectivity index (χ0) is 10.7. The van der Waals surface area contributed by atoms with E-state index < -0.39 is 17.9 Å². The van der Waals surface area contributed by atoms with Crippen molar-refractivity contribution in [3.05, 3.63) is 11.8 Å². The Morgan fingerprint density at radius 1 is 1.64 bits per heavy atom. The van der Waals surface area contributed by atoms with Gasteiger partial charge < -0.3 is 16.8 Å². The van der Waals surface area contributed by atoms with E-state index in [1.807, 2.05) is 0 Å². The molecule has 0 aliphatic carbocycles. The van der Waals surface area contributed by atoms with E-state index in [0.29, 0.717) is 0 Å². The molecule has 0 aromatic carbocycles. The van der Waals surface area contributed by atoms with Crippen molar-refractivity contribution < 1.29 is 9.59 Å². The number of aromatic amines is 1. The summed E-state index contributed by atoms with van der Waals surface area (Å²) in [4.78, 5) is 22.0. The third-order valence-electron chi connectivity index (χ3n) is 1.62. The zero-order valence-electron chi connectivity index (χ0n) is 7.57. The van der Waals surface area contributed by atoms with Gasteiger partial charge in [0.1, 0.15) is 17.6 Å². The summed E-state index contributed by atoms with van der Waals surface area (Å²) in [6.45, 7) is 1.49. The Bertz CT molecular complexity index is 359. The monoisotopic (exact) mass is 197 g/mol. The summed E-state index contributed by atoms with van der Waals surface area (Å²) < 4.78 is 0. The molecule has 7 nitrogen and oxygen atoms in total. The topological polar surface area (TPSA) is 127 Å². The Morgan fingerprint density at radius 2 is 2.29 bits per heavy atom. The number of primary amides is 1. The maximum absolute atomic E-state index is 11.3. The molecule has 0 saturated heterocycles. The summed E-state index contributed by atoms with van der Waals surface area (Å²) in [7, 11) is 0. The van der Waals surface area contributed by atoms with Crippen molar-refractivity contribution in [3.63, 3.8) is 0 Å². The fourth-order valence-electron chi connectivity index (χ4n) is 0.799. The van der Waals surface area contributed by atoms with Crippen molar-refractivity contribution in [2.45, 2.75) is 13.0 Å². The maximum Gasteiger partial charge on any atom is 0.270 e. The first-order valence-electron chi connectivity index (χ1n) is 3.91. The summed E-state index contributed by atoms with van der Waals surface area (Å²) in [5.74, 6) is -0.867. The Kier molecular flexibility index (Phi) is 2.70. The van der Waals surface area contributed by atoms with Crippen LogP contribution < -0.4 is 16.8 Å². The smallest absolute Gasteiger partial charge is 0.270 e. The summed E-state index contributed by atoms with van der Waals surface area (Å²) in [6, 6.07) is 0.635. The molecule has 14 heavy (non-hydrogen) atoms. The summed E-state index contributed by atoms with van der Waals surface area (Å²) in [5.41, 5.74) is 10.4. The van der Waals surface area contributed by atoms with Gasteiger partial charge in [0.2, 0.25) is 5.91 Å². The number of hydrogen-bond acceptors (Lipinski definition) is 4. The number of amides is 2. The molecule has 1 atom stereocenters. The van der Waals surface area contributed by atoms with Gasteiger partial charge in [0.15, 0.2) is 0 Å². The Morgan fingerprint density at radius 3 is 2.71 bits per heavy atom.